The zero-order valence-electron chi connectivity index (χ0n) is 11.8. The van der Waals surface area contributed by atoms with Crippen LogP contribution in [0.1, 0.15) is 5.56 Å². The standard InChI is InChI=1S/C14H12BrN3O3S/c1-9-3-5-12-11(7-9)16-17-18(12)22(19,20)14-8-10(15)4-6-13(14)21-2/h3-8H,1-2H3. The minimum absolute atomic E-state index is 0.0248. The van der Waals surface area contributed by atoms with Crippen LogP contribution in [0.3, 0.4) is 0 Å². The van der Waals surface area contributed by atoms with Gasteiger partial charge in [0.05, 0.1) is 7.11 Å². The Balaban J connectivity index is 2.27. The fourth-order valence-electron chi connectivity index (χ4n) is 2.14. The summed E-state index contributed by atoms with van der Waals surface area (Å²) in [6.07, 6.45) is 0. The van der Waals surface area contributed by atoms with Crippen LogP contribution in [0, 0.1) is 6.92 Å². The lowest BCUT2D eigenvalue weighted by Crippen LogP contribution is -2.15. The predicted octanol–water partition coefficient (Wildman–Crippen LogP) is 2.75. The van der Waals surface area contributed by atoms with Crippen molar-refractivity contribution in [3.05, 3.63) is 46.4 Å². The van der Waals surface area contributed by atoms with Crippen LogP contribution in [0.2, 0.25) is 0 Å². The van der Waals surface area contributed by atoms with Crippen LogP contribution in [0.15, 0.2) is 45.8 Å². The van der Waals surface area contributed by atoms with E-state index >= 15 is 0 Å². The van der Waals surface area contributed by atoms with E-state index < -0.39 is 10.0 Å². The number of fused-ring (bicyclic) bond motifs is 1. The normalized spacial score (nSPS) is 11.8. The van der Waals surface area contributed by atoms with E-state index in [4.69, 9.17) is 4.74 Å². The number of hydrogen-bond acceptors (Lipinski definition) is 5. The summed E-state index contributed by atoms with van der Waals surface area (Å²) in [7, 11) is -2.49. The largest absolute Gasteiger partial charge is 0.495 e. The van der Waals surface area contributed by atoms with Crippen molar-refractivity contribution in [3.63, 3.8) is 0 Å². The summed E-state index contributed by atoms with van der Waals surface area (Å²) in [5, 5.41) is 7.73. The van der Waals surface area contributed by atoms with Crippen LogP contribution < -0.4 is 4.74 Å². The van der Waals surface area contributed by atoms with Crippen LogP contribution in [-0.4, -0.2) is 29.9 Å². The first kappa shape index (κ1) is 15.0. The summed E-state index contributed by atoms with van der Waals surface area (Å²) in [5.74, 6) is 0.249. The molecule has 0 aliphatic heterocycles. The van der Waals surface area contributed by atoms with Gasteiger partial charge in [0.2, 0.25) is 0 Å². The minimum atomic E-state index is -3.91. The molecule has 22 heavy (non-hydrogen) atoms. The molecule has 0 saturated heterocycles. The second kappa shape index (κ2) is 5.36. The molecule has 0 spiro atoms. The number of aryl methyl sites for hydroxylation is 1. The SMILES string of the molecule is COc1ccc(Br)cc1S(=O)(=O)n1nnc2cc(C)ccc21. The number of methoxy groups -OCH3 is 1. The van der Waals surface area contributed by atoms with E-state index in [1.54, 1.807) is 24.3 Å². The molecule has 3 rings (SSSR count). The molecule has 0 aliphatic rings. The second-order valence-corrected chi connectivity index (χ2v) is 7.38. The van der Waals surface area contributed by atoms with Gasteiger partial charge in [-0.15, -0.1) is 9.19 Å². The van der Waals surface area contributed by atoms with Gasteiger partial charge >= 0.3 is 0 Å². The van der Waals surface area contributed by atoms with E-state index in [0.29, 0.717) is 15.5 Å². The molecule has 0 unspecified atom stereocenters. The molecule has 0 saturated carbocycles. The van der Waals surface area contributed by atoms with Gasteiger partial charge in [0, 0.05) is 4.47 Å². The van der Waals surface area contributed by atoms with Gasteiger partial charge in [-0.1, -0.05) is 27.2 Å². The van der Waals surface area contributed by atoms with Crippen molar-refractivity contribution in [1.82, 2.24) is 14.4 Å². The maximum absolute atomic E-state index is 12.9. The molecule has 2 aromatic carbocycles. The monoisotopic (exact) mass is 381 g/mol. The first-order valence-corrected chi connectivity index (χ1v) is 8.58. The number of nitrogens with zero attached hydrogens (tertiary/aromatic N) is 3. The summed E-state index contributed by atoms with van der Waals surface area (Å²) in [4.78, 5) is 0.0248. The molecule has 0 aliphatic carbocycles. The average Bonchev–Trinajstić information content (AvgIpc) is 2.90. The van der Waals surface area contributed by atoms with Crippen molar-refractivity contribution < 1.29 is 13.2 Å². The molecule has 0 fully saturated rings. The van der Waals surface area contributed by atoms with Gasteiger partial charge in [0.1, 0.15) is 21.7 Å². The molecule has 114 valence electrons. The van der Waals surface area contributed by atoms with Crippen LogP contribution in [-0.2, 0) is 10.0 Å². The highest BCUT2D eigenvalue weighted by Gasteiger charge is 2.25. The highest BCUT2D eigenvalue weighted by molar-refractivity contribution is 9.10. The first-order chi connectivity index (χ1) is 10.4. The number of ether oxygens (including phenoxy) is 1. The number of aromatic nitrogens is 3. The van der Waals surface area contributed by atoms with E-state index in [1.807, 2.05) is 13.0 Å². The molecular weight excluding hydrogens is 370 g/mol. The smallest absolute Gasteiger partial charge is 0.288 e. The molecular formula is C14H12BrN3O3S. The van der Waals surface area contributed by atoms with Crippen molar-refractivity contribution in [2.45, 2.75) is 11.8 Å². The van der Waals surface area contributed by atoms with Crippen molar-refractivity contribution in [2.24, 2.45) is 0 Å². The quantitative estimate of drug-likeness (QED) is 0.697. The Labute approximate surface area is 135 Å². The van der Waals surface area contributed by atoms with Gasteiger partial charge in [0.15, 0.2) is 0 Å². The number of rotatable bonds is 3. The Bertz CT molecular complexity index is 967. The molecule has 1 aromatic heterocycles. The second-order valence-electron chi connectivity index (χ2n) is 4.72. The van der Waals surface area contributed by atoms with Crippen LogP contribution in [0.4, 0.5) is 0 Å². The van der Waals surface area contributed by atoms with E-state index in [1.165, 1.54) is 13.2 Å². The van der Waals surface area contributed by atoms with Gasteiger partial charge in [-0.2, -0.15) is 8.42 Å². The molecule has 0 atom stereocenters. The number of hydrogen-bond donors (Lipinski definition) is 0. The fraction of sp³-hybridized carbons (Fsp3) is 0.143. The molecule has 1 heterocycles. The Kier molecular flexibility index (Phi) is 3.65. The summed E-state index contributed by atoms with van der Waals surface area (Å²) >= 11 is 3.28. The van der Waals surface area contributed by atoms with Gasteiger partial charge in [0.25, 0.3) is 10.0 Å². The average molecular weight is 382 g/mol. The Morgan fingerprint density at radius 2 is 1.95 bits per heavy atom. The Morgan fingerprint density at radius 1 is 1.18 bits per heavy atom. The molecule has 6 nitrogen and oxygen atoms in total. The maximum Gasteiger partial charge on any atom is 0.288 e. The summed E-state index contributed by atoms with van der Waals surface area (Å²) < 4.78 is 32.5. The van der Waals surface area contributed by atoms with Crippen molar-refractivity contribution in [1.29, 1.82) is 0 Å². The van der Waals surface area contributed by atoms with E-state index in [2.05, 4.69) is 26.2 Å². The zero-order valence-corrected chi connectivity index (χ0v) is 14.2. The minimum Gasteiger partial charge on any atom is -0.495 e. The van der Waals surface area contributed by atoms with Gasteiger partial charge in [-0.3, -0.25) is 0 Å². The highest BCUT2D eigenvalue weighted by atomic mass is 79.9. The van der Waals surface area contributed by atoms with E-state index in [0.717, 1.165) is 9.65 Å². The molecule has 0 N–H and O–H groups in total. The van der Waals surface area contributed by atoms with Gasteiger partial charge < -0.3 is 4.74 Å². The third-order valence-electron chi connectivity index (χ3n) is 3.20. The predicted molar refractivity (Wildman–Crippen MR) is 85.5 cm³/mol. The van der Waals surface area contributed by atoms with Crippen molar-refractivity contribution >= 4 is 37.0 Å². The first-order valence-electron chi connectivity index (χ1n) is 6.34. The Hall–Kier alpha value is -1.93. The van der Waals surface area contributed by atoms with Gasteiger partial charge in [-0.25, -0.2) is 0 Å². The van der Waals surface area contributed by atoms with Crippen LogP contribution >= 0.6 is 15.9 Å². The number of halogens is 1. The van der Waals surface area contributed by atoms with Crippen LogP contribution in [0.5, 0.6) is 5.75 Å². The molecule has 0 bridgehead atoms. The van der Waals surface area contributed by atoms with E-state index in [9.17, 15) is 8.42 Å². The summed E-state index contributed by atoms with van der Waals surface area (Å²) in [6, 6.07) is 10.1. The van der Waals surface area contributed by atoms with Crippen molar-refractivity contribution in [2.75, 3.05) is 7.11 Å². The summed E-state index contributed by atoms with van der Waals surface area (Å²) in [6.45, 7) is 1.91. The maximum atomic E-state index is 12.9. The third-order valence-corrected chi connectivity index (χ3v) is 5.30. The van der Waals surface area contributed by atoms with E-state index in [-0.39, 0.29) is 10.6 Å². The fourth-order valence-corrected chi connectivity index (χ4v) is 4.06. The lowest BCUT2D eigenvalue weighted by molar-refractivity contribution is 0.402. The number of benzene rings is 2. The van der Waals surface area contributed by atoms with Gasteiger partial charge in [-0.05, 0) is 42.8 Å². The topological polar surface area (TPSA) is 74.1 Å². The highest BCUT2D eigenvalue weighted by Crippen LogP contribution is 2.30. The third kappa shape index (κ3) is 2.38. The summed E-state index contributed by atoms with van der Waals surface area (Å²) in [5.41, 5.74) is 1.93. The molecule has 0 amide bonds. The molecule has 3 aromatic rings. The Morgan fingerprint density at radius 3 is 2.68 bits per heavy atom. The molecule has 0 radical (unpaired) electrons. The lowest BCUT2D eigenvalue weighted by Gasteiger charge is -2.10. The zero-order chi connectivity index (χ0) is 15.9. The lowest BCUT2D eigenvalue weighted by atomic mass is 10.2. The van der Waals surface area contributed by atoms with Crippen LogP contribution in [0.25, 0.3) is 11.0 Å². The van der Waals surface area contributed by atoms with Crippen molar-refractivity contribution in [3.8, 4) is 5.75 Å². The molecule has 8 heteroatoms.